The van der Waals surface area contributed by atoms with Crippen LogP contribution in [0.2, 0.25) is 0 Å². The molecule has 0 saturated heterocycles. The summed E-state index contributed by atoms with van der Waals surface area (Å²) in [5.74, 6) is -1.14. The molecule has 0 aliphatic heterocycles. The molecule has 1 unspecified atom stereocenters. The van der Waals surface area contributed by atoms with Gasteiger partial charge in [0, 0.05) is 24.1 Å². The second-order valence-electron chi connectivity index (χ2n) is 6.77. The van der Waals surface area contributed by atoms with Gasteiger partial charge in [-0.25, -0.2) is 17.5 Å². The van der Waals surface area contributed by atoms with Gasteiger partial charge in [-0.05, 0) is 43.0 Å². The molecule has 1 saturated carbocycles. The van der Waals surface area contributed by atoms with Crippen molar-refractivity contribution in [1.29, 1.82) is 0 Å². The maximum atomic E-state index is 14.0. The van der Waals surface area contributed by atoms with E-state index < -0.39 is 26.6 Å². The Balaban J connectivity index is 1.72. The molecule has 1 amide bonds. The molecule has 1 aliphatic rings. The molecule has 5 nitrogen and oxygen atoms in total. The lowest BCUT2D eigenvalue weighted by atomic mass is 9.96. The first kappa shape index (κ1) is 19.5. The number of rotatable bonds is 8. The van der Waals surface area contributed by atoms with Crippen molar-refractivity contribution in [2.24, 2.45) is 0 Å². The van der Waals surface area contributed by atoms with E-state index >= 15 is 0 Å². The number of nitrogens with one attached hydrogen (secondary N) is 2. The minimum Gasteiger partial charge on any atom is -0.351 e. The van der Waals surface area contributed by atoms with E-state index in [0.29, 0.717) is 6.54 Å². The summed E-state index contributed by atoms with van der Waals surface area (Å²) in [4.78, 5) is 12.0. The first-order valence-electron chi connectivity index (χ1n) is 9.05. The van der Waals surface area contributed by atoms with Crippen molar-refractivity contribution in [3.05, 3.63) is 65.5 Å². The lowest BCUT2D eigenvalue weighted by Gasteiger charge is -2.16. The fourth-order valence-electron chi connectivity index (χ4n) is 2.88. The minimum atomic E-state index is -3.97. The molecular formula is C20H23FN2O3S. The van der Waals surface area contributed by atoms with Crippen molar-refractivity contribution in [2.75, 3.05) is 6.54 Å². The summed E-state index contributed by atoms with van der Waals surface area (Å²) in [6.07, 6.45) is 2.34. The van der Waals surface area contributed by atoms with E-state index in [9.17, 15) is 17.6 Å². The van der Waals surface area contributed by atoms with Gasteiger partial charge < -0.3 is 5.32 Å². The zero-order valence-electron chi connectivity index (χ0n) is 15.1. The standard InChI is InChI=1S/C20H23FN2O3S/c1-2-14(15-6-4-3-5-7-15)13-22-20(24)16-8-11-18(21)19(12-16)27(25,26)23-17-9-10-17/h3-8,11-12,14,17,23H,2,9-10,13H2,1H3,(H,22,24). The van der Waals surface area contributed by atoms with Gasteiger partial charge in [0.15, 0.2) is 0 Å². The highest BCUT2D eigenvalue weighted by molar-refractivity contribution is 7.89. The van der Waals surface area contributed by atoms with Crippen LogP contribution in [-0.2, 0) is 10.0 Å². The van der Waals surface area contributed by atoms with Crippen LogP contribution in [0.15, 0.2) is 53.4 Å². The van der Waals surface area contributed by atoms with Crippen molar-refractivity contribution in [1.82, 2.24) is 10.0 Å². The fraction of sp³-hybridized carbons (Fsp3) is 0.350. The van der Waals surface area contributed by atoms with Gasteiger partial charge in [0.25, 0.3) is 5.91 Å². The second-order valence-corrected chi connectivity index (χ2v) is 8.45. The molecule has 0 heterocycles. The van der Waals surface area contributed by atoms with Gasteiger partial charge in [0.05, 0.1) is 0 Å². The highest BCUT2D eigenvalue weighted by atomic mass is 32.2. The summed E-state index contributed by atoms with van der Waals surface area (Å²) in [5, 5.41) is 2.82. The highest BCUT2D eigenvalue weighted by Crippen LogP contribution is 2.24. The molecule has 0 radical (unpaired) electrons. The number of carbonyl (C=O) groups excluding carboxylic acids is 1. The number of halogens is 1. The Bertz CT molecular complexity index is 912. The van der Waals surface area contributed by atoms with Gasteiger partial charge >= 0.3 is 0 Å². The minimum absolute atomic E-state index is 0.121. The molecular weight excluding hydrogens is 367 g/mol. The number of hydrogen-bond donors (Lipinski definition) is 2. The quantitative estimate of drug-likeness (QED) is 0.727. The monoisotopic (exact) mass is 390 g/mol. The summed E-state index contributed by atoms with van der Waals surface area (Å²) in [5.41, 5.74) is 1.24. The first-order chi connectivity index (χ1) is 12.9. The zero-order valence-corrected chi connectivity index (χ0v) is 15.9. The normalized spacial score (nSPS) is 15.3. The largest absolute Gasteiger partial charge is 0.351 e. The van der Waals surface area contributed by atoms with Crippen molar-refractivity contribution in [3.8, 4) is 0 Å². The summed E-state index contributed by atoms with van der Waals surface area (Å²) in [7, 11) is -3.97. The lowest BCUT2D eigenvalue weighted by molar-refractivity contribution is 0.0950. The molecule has 3 rings (SSSR count). The molecule has 2 aromatic carbocycles. The van der Waals surface area contributed by atoms with Gasteiger partial charge in [-0.15, -0.1) is 0 Å². The summed E-state index contributed by atoms with van der Waals surface area (Å²) in [6.45, 7) is 2.45. The molecule has 1 atom stereocenters. The van der Waals surface area contributed by atoms with E-state index in [1.54, 1.807) is 0 Å². The average molecular weight is 390 g/mol. The van der Waals surface area contributed by atoms with E-state index in [1.165, 1.54) is 6.07 Å². The molecule has 2 N–H and O–H groups in total. The van der Waals surface area contributed by atoms with Crippen LogP contribution >= 0.6 is 0 Å². The third kappa shape index (κ3) is 4.93. The summed E-state index contributed by atoms with van der Waals surface area (Å²) >= 11 is 0. The number of sulfonamides is 1. The number of hydrogen-bond acceptors (Lipinski definition) is 3. The van der Waals surface area contributed by atoms with Gasteiger partial charge in [-0.3, -0.25) is 4.79 Å². The third-order valence-electron chi connectivity index (χ3n) is 4.65. The van der Waals surface area contributed by atoms with Crippen LogP contribution in [0.3, 0.4) is 0 Å². The van der Waals surface area contributed by atoms with E-state index in [2.05, 4.69) is 10.0 Å². The van der Waals surface area contributed by atoms with Gasteiger partial charge in [0.2, 0.25) is 10.0 Å². The Morgan fingerprint density at radius 2 is 1.89 bits per heavy atom. The predicted molar refractivity (Wildman–Crippen MR) is 102 cm³/mol. The van der Waals surface area contributed by atoms with Crippen LogP contribution in [-0.4, -0.2) is 26.9 Å². The van der Waals surface area contributed by atoms with E-state index in [-0.39, 0.29) is 17.5 Å². The first-order valence-corrected chi connectivity index (χ1v) is 10.5. The Labute approximate surface area is 159 Å². The predicted octanol–water partition coefficient (Wildman–Crippen LogP) is 3.19. The third-order valence-corrected chi connectivity index (χ3v) is 6.19. The van der Waals surface area contributed by atoms with Gasteiger partial charge in [0.1, 0.15) is 10.7 Å². The zero-order chi connectivity index (χ0) is 19.4. The Hall–Kier alpha value is -2.25. The molecule has 0 bridgehead atoms. The smallest absolute Gasteiger partial charge is 0.251 e. The molecule has 1 fully saturated rings. The van der Waals surface area contributed by atoms with Crippen molar-refractivity contribution in [2.45, 2.75) is 43.0 Å². The number of carbonyl (C=O) groups is 1. The lowest BCUT2D eigenvalue weighted by Crippen LogP contribution is -2.29. The Morgan fingerprint density at radius 1 is 1.19 bits per heavy atom. The molecule has 1 aliphatic carbocycles. The molecule has 0 spiro atoms. The van der Waals surface area contributed by atoms with Crippen molar-refractivity contribution >= 4 is 15.9 Å². The van der Waals surface area contributed by atoms with E-state index in [4.69, 9.17) is 0 Å². The summed E-state index contributed by atoms with van der Waals surface area (Å²) < 4.78 is 41.1. The van der Waals surface area contributed by atoms with Gasteiger partial charge in [-0.2, -0.15) is 0 Å². The van der Waals surface area contributed by atoms with Crippen LogP contribution in [0.1, 0.15) is 48.0 Å². The van der Waals surface area contributed by atoms with Crippen LogP contribution < -0.4 is 10.0 Å². The molecule has 2 aromatic rings. The second kappa shape index (κ2) is 8.19. The topological polar surface area (TPSA) is 75.3 Å². The molecule has 144 valence electrons. The SMILES string of the molecule is CCC(CNC(=O)c1ccc(F)c(S(=O)(=O)NC2CC2)c1)c1ccccc1. The van der Waals surface area contributed by atoms with Crippen LogP contribution in [0, 0.1) is 5.82 Å². The average Bonchev–Trinajstić information content (AvgIpc) is 3.46. The number of benzene rings is 2. The number of amides is 1. The molecule has 7 heteroatoms. The Kier molecular flexibility index (Phi) is 5.92. The van der Waals surface area contributed by atoms with Crippen LogP contribution in [0.5, 0.6) is 0 Å². The highest BCUT2D eigenvalue weighted by Gasteiger charge is 2.30. The van der Waals surface area contributed by atoms with E-state index in [0.717, 1.165) is 37.0 Å². The maximum Gasteiger partial charge on any atom is 0.251 e. The molecule has 0 aromatic heterocycles. The molecule has 27 heavy (non-hydrogen) atoms. The maximum absolute atomic E-state index is 14.0. The van der Waals surface area contributed by atoms with Crippen molar-refractivity contribution in [3.63, 3.8) is 0 Å². The summed E-state index contributed by atoms with van der Waals surface area (Å²) in [6, 6.07) is 13.1. The van der Waals surface area contributed by atoms with Crippen LogP contribution in [0.4, 0.5) is 4.39 Å². The van der Waals surface area contributed by atoms with E-state index in [1.807, 2.05) is 37.3 Å². The Morgan fingerprint density at radius 3 is 2.52 bits per heavy atom. The fourth-order valence-corrected chi connectivity index (χ4v) is 4.28. The van der Waals surface area contributed by atoms with Gasteiger partial charge in [-0.1, -0.05) is 37.3 Å². The van der Waals surface area contributed by atoms with Crippen molar-refractivity contribution < 1.29 is 17.6 Å². The van der Waals surface area contributed by atoms with Crippen LogP contribution in [0.25, 0.3) is 0 Å².